The fraction of sp³-hybridized carbons (Fsp3) is 0.458. The molecular weight excluding hydrogens is 414 g/mol. The third-order valence-electron chi connectivity index (χ3n) is 4.80. The first-order valence-electron chi connectivity index (χ1n) is 10.8. The first-order chi connectivity index (χ1) is 14.7. The van der Waals surface area contributed by atoms with Crippen LogP contribution in [-0.2, 0) is 9.84 Å². The second kappa shape index (κ2) is 11.2. The predicted molar refractivity (Wildman–Crippen MR) is 123 cm³/mol. The Morgan fingerprint density at radius 1 is 0.935 bits per heavy atom. The topological polar surface area (TPSA) is 81.7 Å². The maximum atomic E-state index is 13.0. The molecule has 31 heavy (non-hydrogen) atoms. The first-order valence-corrected chi connectivity index (χ1v) is 12.3. The van der Waals surface area contributed by atoms with Gasteiger partial charge in [-0.25, -0.2) is 8.42 Å². The molecule has 1 amide bonds. The van der Waals surface area contributed by atoms with Crippen LogP contribution in [0.1, 0.15) is 69.4 Å². The van der Waals surface area contributed by atoms with Gasteiger partial charge in [0.2, 0.25) is 0 Å². The summed E-state index contributed by atoms with van der Waals surface area (Å²) in [6.07, 6.45) is 1.75. The number of hydrogen-bond donors (Lipinski definition) is 1. The molecule has 0 spiro atoms. The number of carbonyl (C=O) groups excluding carboxylic acids is 1. The van der Waals surface area contributed by atoms with Gasteiger partial charge in [0.05, 0.1) is 35.0 Å². The molecule has 1 atom stereocenters. The number of ether oxygens (including phenoxy) is 2. The third-order valence-corrected chi connectivity index (χ3v) is 7.01. The molecule has 2 rings (SSSR count). The minimum absolute atomic E-state index is 0.0463. The van der Waals surface area contributed by atoms with E-state index in [4.69, 9.17) is 9.47 Å². The summed E-state index contributed by atoms with van der Waals surface area (Å²) in [7, 11) is -3.58. The van der Waals surface area contributed by atoms with E-state index >= 15 is 0 Å². The van der Waals surface area contributed by atoms with Crippen molar-refractivity contribution in [1.29, 1.82) is 0 Å². The van der Waals surface area contributed by atoms with E-state index in [1.807, 2.05) is 39.0 Å². The van der Waals surface area contributed by atoms with Crippen molar-refractivity contribution in [3.63, 3.8) is 0 Å². The Kier molecular flexibility index (Phi) is 8.92. The maximum Gasteiger partial charge on any atom is 0.253 e. The van der Waals surface area contributed by atoms with E-state index < -0.39 is 21.0 Å². The van der Waals surface area contributed by atoms with Crippen LogP contribution >= 0.6 is 0 Å². The van der Waals surface area contributed by atoms with Crippen LogP contribution in [0.3, 0.4) is 0 Å². The molecule has 2 aromatic carbocycles. The lowest BCUT2D eigenvalue weighted by Gasteiger charge is -2.19. The standard InChI is InChI=1S/C24H33NO5S/c1-6-14-29-21-13-12-19(16-22(21)30-15-7-2)18(5)25-24(26)20-10-8-9-11-23(20)31(27,28)17(3)4/h8-13,16-18H,6-7,14-15H2,1-5H3,(H,25,26). The van der Waals surface area contributed by atoms with Crippen molar-refractivity contribution in [3.05, 3.63) is 53.6 Å². The normalized spacial score (nSPS) is 12.5. The lowest BCUT2D eigenvalue weighted by molar-refractivity contribution is 0.0936. The average molecular weight is 448 g/mol. The van der Waals surface area contributed by atoms with Gasteiger partial charge >= 0.3 is 0 Å². The molecule has 0 saturated heterocycles. The van der Waals surface area contributed by atoms with Crippen LogP contribution in [-0.4, -0.2) is 32.8 Å². The molecule has 6 nitrogen and oxygen atoms in total. The van der Waals surface area contributed by atoms with Gasteiger partial charge in [0.15, 0.2) is 21.3 Å². The summed E-state index contributed by atoms with van der Waals surface area (Å²) in [4.78, 5) is 13.0. The minimum atomic E-state index is -3.58. The van der Waals surface area contributed by atoms with Crippen molar-refractivity contribution in [2.24, 2.45) is 0 Å². The number of rotatable bonds is 11. The maximum absolute atomic E-state index is 13.0. The van der Waals surface area contributed by atoms with Gasteiger partial charge in [0.1, 0.15) is 0 Å². The Bertz CT molecular complexity index is 985. The van der Waals surface area contributed by atoms with Crippen LogP contribution in [0.15, 0.2) is 47.4 Å². The molecule has 2 aromatic rings. The second-order valence-corrected chi connectivity index (χ2v) is 10.2. The minimum Gasteiger partial charge on any atom is -0.490 e. The van der Waals surface area contributed by atoms with Crippen molar-refractivity contribution >= 4 is 15.7 Å². The molecule has 7 heteroatoms. The number of hydrogen-bond acceptors (Lipinski definition) is 5. The zero-order valence-electron chi connectivity index (χ0n) is 19.0. The molecule has 1 N–H and O–H groups in total. The van der Waals surface area contributed by atoms with Gasteiger partial charge in [0.25, 0.3) is 5.91 Å². The van der Waals surface area contributed by atoms with Crippen LogP contribution in [0.2, 0.25) is 0 Å². The summed E-state index contributed by atoms with van der Waals surface area (Å²) in [6.45, 7) is 10.3. The summed E-state index contributed by atoms with van der Waals surface area (Å²) < 4.78 is 36.9. The van der Waals surface area contributed by atoms with Crippen molar-refractivity contribution in [2.45, 2.75) is 63.6 Å². The molecule has 0 aliphatic heterocycles. The number of carbonyl (C=O) groups is 1. The third kappa shape index (κ3) is 6.23. The van der Waals surface area contributed by atoms with Crippen LogP contribution in [0, 0.1) is 0 Å². The highest BCUT2D eigenvalue weighted by atomic mass is 32.2. The SMILES string of the molecule is CCCOc1ccc(C(C)NC(=O)c2ccccc2S(=O)(=O)C(C)C)cc1OCCC. The second-order valence-electron chi connectivity index (χ2n) is 7.69. The number of sulfone groups is 1. The summed E-state index contributed by atoms with van der Waals surface area (Å²) in [5.41, 5.74) is 0.987. The highest BCUT2D eigenvalue weighted by Crippen LogP contribution is 2.31. The smallest absolute Gasteiger partial charge is 0.253 e. The number of nitrogens with one attached hydrogen (secondary N) is 1. The largest absolute Gasteiger partial charge is 0.490 e. The monoisotopic (exact) mass is 447 g/mol. The molecular formula is C24H33NO5S. The molecule has 0 aliphatic rings. The van der Waals surface area contributed by atoms with E-state index in [2.05, 4.69) is 5.32 Å². The zero-order chi connectivity index (χ0) is 23.0. The average Bonchev–Trinajstić information content (AvgIpc) is 2.76. The summed E-state index contributed by atoms with van der Waals surface area (Å²) >= 11 is 0. The number of benzene rings is 2. The van der Waals surface area contributed by atoms with Crippen molar-refractivity contribution < 1.29 is 22.7 Å². The van der Waals surface area contributed by atoms with Gasteiger partial charge in [-0.2, -0.15) is 0 Å². The van der Waals surface area contributed by atoms with Gasteiger partial charge < -0.3 is 14.8 Å². The Labute approximate surface area is 185 Å². The van der Waals surface area contributed by atoms with Gasteiger partial charge in [0, 0.05) is 0 Å². The Morgan fingerprint density at radius 3 is 2.16 bits per heavy atom. The molecule has 0 aromatic heterocycles. The van der Waals surface area contributed by atoms with Crippen LogP contribution in [0.4, 0.5) is 0 Å². The van der Waals surface area contributed by atoms with Gasteiger partial charge in [-0.1, -0.05) is 32.0 Å². The zero-order valence-corrected chi connectivity index (χ0v) is 19.8. The molecule has 1 unspecified atom stereocenters. The summed E-state index contributed by atoms with van der Waals surface area (Å²) in [5.74, 6) is 0.872. The molecule has 170 valence electrons. The molecule has 0 fully saturated rings. The molecule has 0 saturated carbocycles. The Balaban J connectivity index is 2.27. The first kappa shape index (κ1) is 24.7. The fourth-order valence-electron chi connectivity index (χ4n) is 2.96. The van der Waals surface area contributed by atoms with E-state index in [0.717, 1.165) is 18.4 Å². The van der Waals surface area contributed by atoms with E-state index in [-0.39, 0.29) is 16.5 Å². The quantitative estimate of drug-likeness (QED) is 0.528. The van der Waals surface area contributed by atoms with Crippen molar-refractivity contribution in [3.8, 4) is 11.5 Å². The lowest BCUT2D eigenvalue weighted by atomic mass is 10.1. The van der Waals surface area contributed by atoms with Crippen LogP contribution in [0.25, 0.3) is 0 Å². The van der Waals surface area contributed by atoms with E-state index in [9.17, 15) is 13.2 Å². The molecule has 0 bridgehead atoms. The summed E-state index contributed by atoms with van der Waals surface area (Å²) in [5, 5.41) is 2.29. The summed E-state index contributed by atoms with van der Waals surface area (Å²) in [6, 6.07) is 11.5. The van der Waals surface area contributed by atoms with Gasteiger partial charge in [-0.05, 0) is 63.4 Å². The highest BCUT2D eigenvalue weighted by Gasteiger charge is 2.26. The molecule has 0 aliphatic carbocycles. The number of amides is 1. The Morgan fingerprint density at radius 2 is 1.55 bits per heavy atom. The fourth-order valence-corrected chi connectivity index (χ4v) is 4.21. The van der Waals surface area contributed by atoms with Crippen LogP contribution in [0.5, 0.6) is 11.5 Å². The Hall–Kier alpha value is -2.54. The lowest BCUT2D eigenvalue weighted by Crippen LogP contribution is -2.29. The van der Waals surface area contributed by atoms with Crippen molar-refractivity contribution in [2.75, 3.05) is 13.2 Å². The van der Waals surface area contributed by atoms with E-state index in [1.54, 1.807) is 26.0 Å². The predicted octanol–water partition coefficient (Wildman–Crippen LogP) is 4.94. The van der Waals surface area contributed by atoms with Crippen LogP contribution < -0.4 is 14.8 Å². The molecule has 0 heterocycles. The van der Waals surface area contributed by atoms with Gasteiger partial charge in [-0.3, -0.25) is 4.79 Å². The van der Waals surface area contributed by atoms with Gasteiger partial charge in [-0.15, -0.1) is 0 Å². The van der Waals surface area contributed by atoms with E-state index in [0.29, 0.717) is 24.7 Å². The highest BCUT2D eigenvalue weighted by molar-refractivity contribution is 7.92. The van der Waals surface area contributed by atoms with Crippen molar-refractivity contribution in [1.82, 2.24) is 5.32 Å². The molecule has 0 radical (unpaired) electrons. The van der Waals surface area contributed by atoms with E-state index in [1.165, 1.54) is 12.1 Å².